The second kappa shape index (κ2) is 7.15. The number of benzene rings is 2. The van der Waals surface area contributed by atoms with Crippen molar-refractivity contribution in [2.75, 3.05) is 19.5 Å². The number of methoxy groups -OCH3 is 2. The van der Waals surface area contributed by atoms with Crippen LogP contribution in [0.2, 0.25) is 0 Å². The Balaban J connectivity index is 1.95. The van der Waals surface area contributed by atoms with Gasteiger partial charge in [0.25, 0.3) is 5.91 Å². The lowest BCUT2D eigenvalue weighted by atomic mass is 10.2. The molecule has 0 radical (unpaired) electrons. The molecule has 7 nitrogen and oxygen atoms in total. The van der Waals surface area contributed by atoms with Gasteiger partial charge in [0.2, 0.25) is 5.95 Å². The molecule has 2 aromatic carbocycles. The van der Waals surface area contributed by atoms with Gasteiger partial charge in [-0.3, -0.25) is 10.1 Å². The fourth-order valence-electron chi connectivity index (χ4n) is 2.77. The number of aryl methyl sites for hydroxylation is 1. The van der Waals surface area contributed by atoms with E-state index >= 15 is 0 Å². The first-order valence-electron chi connectivity index (χ1n) is 8.05. The van der Waals surface area contributed by atoms with Crippen LogP contribution in [-0.2, 0) is 6.54 Å². The van der Waals surface area contributed by atoms with Crippen LogP contribution >= 0.6 is 0 Å². The molecule has 132 valence electrons. The number of rotatable bonds is 5. The van der Waals surface area contributed by atoms with E-state index in [1.54, 1.807) is 30.3 Å². The number of amides is 1. The van der Waals surface area contributed by atoms with E-state index in [0.717, 1.165) is 5.52 Å². The van der Waals surface area contributed by atoms with E-state index in [0.29, 0.717) is 40.6 Å². The summed E-state index contributed by atoms with van der Waals surface area (Å²) in [7, 11) is 3.06. The molecule has 0 aliphatic carbocycles. The van der Waals surface area contributed by atoms with Crippen LogP contribution in [0.5, 0.6) is 11.5 Å². The summed E-state index contributed by atoms with van der Waals surface area (Å²) in [6.07, 6.45) is 0. The molecule has 0 saturated carbocycles. The Bertz CT molecular complexity index is 1020. The maximum absolute atomic E-state index is 12.6. The van der Waals surface area contributed by atoms with E-state index in [9.17, 15) is 4.79 Å². The van der Waals surface area contributed by atoms with Gasteiger partial charge in [-0.1, -0.05) is 0 Å². The van der Waals surface area contributed by atoms with Crippen LogP contribution in [0, 0.1) is 11.3 Å². The lowest BCUT2D eigenvalue weighted by Crippen LogP contribution is -2.16. The number of hydrogen-bond acceptors (Lipinski definition) is 5. The Morgan fingerprint density at radius 3 is 2.62 bits per heavy atom. The molecule has 1 aromatic heterocycles. The molecule has 26 heavy (non-hydrogen) atoms. The van der Waals surface area contributed by atoms with Crippen LogP contribution in [-0.4, -0.2) is 29.7 Å². The minimum absolute atomic E-state index is 0.309. The molecule has 0 bridgehead atoms. The molecule has 1 N–H and O–H groups in total. The zero-order valence-corrected chi connectivity index (χ0v) is 14.7. The molecular weight excluding hydrogens is 332 g/mol. The Hall–Kier alpha value is -3.53. The molecular formula is C19H18N4O3. The van der Waals surface area contributed by atoms with Gasteiger partial charge in [0.05, 0.1) is 36.9 Å². The van der Waals surface area contributed by atoms with E-state index in [2.05, 4.69) is 16.4 Å². The van der Waals surface area contributed by atoms with E-state index in [-0.39, 0.29) is 5.91 Å². The van der Waals surface area contributed by atoms with Crippen molar-refractivity contribution in [3.05, 3.63) is 47.5 Å². The van der Waals surface area contributed by atoms with Crippen LogP contribution in [0.3, 0.4) is 0 Å². The van der Waals surface area contributed by atoms with E-state index in [4.69, 9.17) is 14.7 Å². The van der Waals surface area contributed by atoms with Crippen molar-refractivity contribution in [3.8, 4) is 17.6 Å². The molecule has 0 atom stereocenters. The Morgan fingerprint density at radius 1 is 1.19 bits per heavy atom. The summed E-state index contributed by atoms with van der Waals surface area (Å²) in [5.41, 5.74) is 2.47. The number of nitrogens with zero attached hydrogens (tertiary/aromatic N) is 3. The molecule has 0 aliphatic rings. The molecule has 0 fully saturated rings. The minimum Gasteiger partial charge on any atom is -0.493 e. The third-order valence-electron chi connectivity index (χ3n) is 4.06. The van der Waals surface area contributed by atoms with Gasteiger partial charge in [-0.2, -0.15) is 5.26 Å². The van der Waals surface area contributed by atoms with Gasteiger partial charge in [0, 0.05) is 12.1 Å². The number of carbonyl (C=O) groups is 1. The first kappa shape index (κ1) is 17.3. The van der Waals surface area contributed by atoms with Gasteiger partial charge in [-0.05, 0) is 43.3 Å². The highest BCUT2D eigenvalue weighted by molar-refractivity contribution is 6.04. The number of anilines is 1. The van der Waals surface area contributed by atoms with Gasteiger partial charge < -0.3 is 14.0 Å². The number of nitrogens with one attached hydrogen (secondary N) is 1. The SMILES string of the molecule is CCn1c(NC(=O)c2ccc(OC)c(OC)c2)nc2cc(C#N)ccc21. The highest BCUT2D eigenvalue weighted by atomic mass is 16.5. The summed E-state index contributed by atoms with van der Waals surface area (Å²) in [6, 6.07) is 12.3. The topological polar surface area (TPSA) is 89.2 Å². The Labute approximate surface area is 150 Å². The summed E-state index contributed by atoms with van der Waals surface area (Å²) in [5, 5.41) is 11.9. The molecule has 1 amide bonds. The molecule has 0 spiro atoms. The second-order valence-corrected chi connectivity index (χ2v) is 5.52. The summed E-state index contributed by atoms with van der Waals surface area (Å²) < 4.78 is 12.3. The third kappa shape index (κ3) is 3.05. The zero-order valence-electron chi connectivity index (χ0n) is 14.7. The van der Waals surface area contributed by atoms with Crippen molar-refractivity contribution >= 4 is 22.9 Å². The largest absolute Gasteiger partial charge is 0.493 e. The average molecular weight is 350 g/mol. The molecule has 0 aliphatic heterocycles. The lowest BCUT2D eigenvalue weighted by Gasteiger charge is -2.10. The summed E-state index contributed by atoms with van der Waals surface area (Å²) in [5.74, 6) is 1.14. The Kier molecular flexibility index (Phi) is 4.76. The van der Waals surface area contributed by atoms with Crippen molar-refractivity contribution in [1.29, 1.82) is 5.26 Å². The minimum atomic E-state index is -0.309. The Morgan fingerprint density at radius 2 is 1.96 bits per heavy atom. The number of nitriles is 1. The number of imidazole rings is 1. The monoisotopic (exact) mass is 350 g/mol. The van der Waals surface area contributed by atoms with Crippen LogP contribution in [0.4, 0.5) is 5.95 Å². The maximum atomic E-state index is 12.6. The molecule has 0 saturated heterocycles. The zero-order chi connectivity index (χ0) is 18.7. The molecule has 1 heterocycles. The van der Waals surface area contributed by atoms with Gasteiger partial charge in [-0.25, -0.2) is 4.98 Å². The fourth-order valence-corrected chi connectivity index (χ4v) is 2.77. The van der Waals surface area contributed by atoms with Crippen molar-refractivity contribution in [2.45, 2.75) is 13.5 Å². The van der Waals surface area contributed by atoms with Gasteiger partial charge in [-0.15, -0.1) is 0 Å². The van der Waals surface area contributed by atoms with Crippen molar-refractivity contribution in [1.82, 2.24) is 9.55 Å². The van der Waals surface area contributed by atoms with Crippen LogP contribution in [0.25, 0.3) is 11.0 Å². The van der Waals surface area contributed by atoms with Crippen molar-refractivity contribution < 1.29 is 14.3 Å². The summed E-state index contributed by atoms with van der Waals surface area (Å²) in [6.45, 7) is 2.59. The van der Waals surface area contributed by atoms with E-state index in [1.807, 2.05) is 17.6 Å². The number of ether oxygens (including phenoxy) is 2. The number of carbonyl (C=O) groups excluding carboxylic acids is 1. The van der Waals surface area contributed by atoms with Crippen LogP contribution in [0.15, 0.2) is 36.4 Å². The predicted octanol–water partition coefficient (Wildman–Crippen LogP) is 3.20. The lowest BCUT2D eigenvalue weighted by molar-refractivity contribution is 0.102. The quantitative estimate of drug-likeness (QED) is 0.763. The summed E-state index contributed by atoms with van der Waals surface area (Å²) >= 11 is 0. The maximum Gasteiger partial charge on any atom is 0.258 e. The summed E-state index contributed by atoms with van der Waals surface area (Å²) in [4.78, 5) is 17.1. The molecule has 7 heteroatoms. The average Bonchev–Trinajstić information content (AvgIpc) is 3.02. The fraction of sp³-hybridized carbons (Fsp3) is 0.211. The standard InChI is InChI=1S/C19H18N4O3/c1-4-23-15-7-5-12(11-20)9-14(15)21-19(23)22-18(24)13-6-8-16(25-2)17(10-13)26-3/h5-10H,4H2,1-3H3,(H,21,22,24). The predicted molar refractivity (Wildman–Crippen MR) is 97.6 cm³/mol. The van der Waals surface area contributed by atoms with E-state index < -0.39 is 0 Å². The highest BCUT2D eigenvalue weighted by Gasteiger charge is 2.16. The molecule has 3 aromatic rings. The third-order valence-corrected chi connectivity index (χ3v) is 4.06. The van der Waals surface area contributed by atoms with Gasteiger partial charge in [0.1, 0.15) is 0 Å². The van der Waals surface area contributed by atoms with Crippen molar-refractivity contribution in [2.24, 2.45) is 0 Å². The smallest absolute Gasteiger partial charge is 0.258 e. The molecule has 0 unspecified atom stereocenters. The molecule has 3 rings (SSSR count). The number of hydrogen-bond donors (Lipinski definition) is 1. The first-order valence-corrected chi connectivity index (χ1v) is 8.05. The number of aromatic nitrogens is 2. The normalized spacial score (nSPS) is 10.4. The number of fused-ring (bicyclic) bond motifs is 1. The van der Waals surface area contributed by atoms with Crippen LogP contribution in [0.1, 0.15) is 22.8 Å². The van der Waals surface area contributed by atoms with Gasteiger partial charge in [0.15, 0.2) is 11.5 Å². The second-order valence-electron chi connectivity index (χ2n) is 5.52. The highest BCUT2D eigenvalue weighted by Crippen LogP contribution is 2.28. The van der Waals surface area contributed by atoms with E-state index in [1.165, 1.54) is 14.2 Å². The van der Waals surface area contributed by atoms with Crippen LogP contribution < -0.4 is 14.8 Å². The van der Waals surface area contributed by atoms with Crippen molar-refractivity contribution in [3.63, 3.8) is 0 Å². The first-order chi connectivity index (χ1) is 12.6. The van der Waals surface area contributed by atoms with Gasteiger partial charge >= 0.3 is 0 Å².